The van der Waals surface area contributed by atoms with Gasteiger partial charge < -0.3 is 19.5 Å². The van der Waals surface area contributed by atoms with Gasteiger partial charge in [0.15, 0.2) is 0 Å². The van der Waals surface area contributed by atoms with E-state index in [2.05, 4.69) is 26.1 Å². The van der Waals surface area contributed by atoms with Crippen LogP contribution in [0, 0.1) is 0 Å². The van der Waals surface area contributed by atoms with Gasteiger partial charge in [-0.1, -0.05) is 0 Å². The minimum absolute atomic E-state index is 0.0877. The fourth-order valence-corrected chi connectivity index (χ4v) is 1.19. The molecule has 4 nitrogen and oxygen atoms in total. The molecule has 0 spiro atoms. The SMILES string of the molecule is CCOCCOC(CNC(C)(C)C)COC. The summed E-state index contributed by atoms with van der Waals surface area (Å²) in [5, 5.41) is 3.40. The summed E-state index contributed by atoms with van der Waals surface area (Å²) in [6.45, 7) is 11.8. The van der Waals surface area contributed by atoms with Gasteiger partial charge in [0.2, 0.25) is 0 Å². The van der Waals surface area contributed by atoms with E-state index in [9.17, 15) is 0 Å². The molecule has 1 N–H and O–H groups in total. The second-order valence-corrected chi connectivity index (χ2v) is 4.78. The van der Waals surface area contributed by atoms with Gasteiger partial charge >= 0.3 is 0 Å². The molecule has 0 heterocycles. The molecule has 0 aliphatic rings. The van der Waals surface area contributed by atoms with Gasteiger partial charge in [-0.25, -0.2) is 0 Å². The van der Waals surface area contributed by atoms with Crippen molar-refractivity contribution in [2.24, 2.45) is 0 Å². The highest BCUT2D eigenvalue weighted by Crippen LogP contribution is 2.00. The topological polar surface area (TPSA) is 39.7 Å². The third kappa shape index (κ3) is 10.4. The monoisotopic (exact) mass is 233 g/mol. The standard InChI is InChI=1S/C12H27NO3/c1-6-15-7-8-16-11(10-14-5)9-13-12(2,3)4/h11,13H,6-10H2,1-5H3. The Balaban J connectivity index is 3.70. The quantitative estimate of drug-likeness (QED) is 0.612. The first kappa shape index (κ1) is 15.8. The second kappa shape index (κ2) is 8.93. The van der Waals surface area contributed by atoms with Crippen LogP contribution in [0.4, 0.5) is 0 Å². The molecule has 0 aliphatic carbocycles. The smallest absolute Gasteiger partial charge is 0.0933 e. The molecule has 1 atom stereocenters. The summed E-state index contributed by atoms with van der Waals surface area (Å²) in [6.07, 6.45) is 0.0877. The van der Waals surface area contributed by atoms with E-state index in [4.69, 9.17) is 14.2 Å². The van der Waals surface area contributed by atoms with Crippen molar-refractivity contribution >= 4 is 0 Å². The second-order valence-electron chi connectivity index (χ2n) is 4.78. The molecule has 1 unspecified atom stereocenters. The summed E-state index contributed by atoms with van der Waals surface area (Å²) >= 11 is 0. The third-order valence-corrected chi connectivity index (χ3v) is 2.00. The maximum atomic E-state index is 5.67. The zero-order chi connectivity index (χ0) is 12.4. The van der Waals surface area contributed by atoms with Crippen LogP contribution in [0.15, 0.2) is 0 Å². The molecule has 98 valence electrons. The summed E-state index contributed by atoms with van der Waals surface area (Å²) in [4.78, 5) is 0. The van der Waals surface area contributed by atoms with Crippen LogP contribution in [0.25, 0.3) is 0 Å². The van der Waals surface area contributed by atoms with E-state index in [1.165, 1.54) is 0 Å². The lowest BCUT2D eigenvalue weighted by molar-refractivity contribution is -0.0278. The Morgan fingerprint density at radius 3 is 2.38 bits per heavy atom. The third-order valence-electron chi connectivity index (χ3n) is 2.00. The van der Waals surface area contributed by atoms with Crippen molar-refractivity contribution in [1.82, 2.24) is 5.32 Å². The van der Waals surface area contributed by atoms with Crippen molar-refractivity contribution < 1.29 is 14.2 Å². The Morgan fingerprint density at radius 1 is 1.19 bits per heavy atom. The van der Waals surface area contributed by atoms with E-state index in [-0.39, 0.29) is 11.6 Å². The van der Waals surface area contributed by atoms with Crippen LogP contribution in [0.1, 0.15) is 27.7 Å². The lowest BCUT2D eigenvalue weighted by atomic mass is 10.1. The number of ether oxygens (including phenoxy) is 3. The number of rotatable bonds is 9. The van der Waals surface area contributed by atoms with Crippen molar-refractivity contribution in [3.05, 3.63) is 0 Å². The Bertz CT molecular complexity index is 157. The highest BCUT2D eigenvalue weighted by Gasteiger charge is 2.14. The van der Waals surface area contributed by atoms with Crippen molar-refractivity contribution in [1.29, 1.82) is 0 Å². The highest BCUT2D eigenvalue weighted by atomic mass is 16.5. The van der Waals surface area contributed by atoms with Crippen LogP contribution in [0.3, 0.4) is 0 Å². The summed E-state index contributed by atoms with van der Waals surface area (Å²) in [7, 11) is 1.69. The van der Waals surface area contributed by atoms with Gasteiger partial charge in [-0.05, 0) is 27.7 Å². The molecule has 0 radical (unpaired) electrons. The number of hydrogen-bond acceptors (Lipinski definition) is 4. The summed E-state index contributed by atoms with van der Waals surface area (Å²) < 4.78 is 16.0. The van der Waals surface area contributed by atoms with Gasteiger partial charge in [0, 0.05) is 25.8 Å². The van der Waals surface area contributed by atoms with Crippen molar-refractivity contribution in [2.75, 3.05) is 40.1 Å². The first-order chi connectivity index (χ1) is 7.49. The molecule has 0 saturated heterocycles. The van der Waals surface area contributed by atoms with Crippen LogP contribution < -0.4 is 5.32 Å². The van der Waals surface area contributed by atoms with E-state index in [1.54, 1.807) is 7.11 Å². The van der Waals surface area contributed by atoms with Gasteiger partial charge in [0.1, 0.15) is 0 Å². The molecule has 0 bridgehead atoms. The van der Waals surface area contributed by atoms with Crippen molar-refractivity contribution in [2.45, 2.75) is 39.3 Å². The fraction of sp³-hybridized carbons (Fsp3) is 1.00. The minimum atomic E-state index is 0.0877. The van der Waals surface area contributed by atoms with Gasteiger partial charge in [-0.2, -0.15) is 0 Å². The van der Waals surface area contributed by atoms with Crippen LogP contribution >= 0.6 is 0 Å². The van der Waals surface area contributed by atoms with Crippen LogP contribution in [-0.2, 0) is 14.2 Å². The highest BCUT2D eigenvalue weighted by molar-refractivity contribution is 4.73. The van der Waals surface area contributed by atoms with Crippen LogP contribution in [-0.4, -0.2) is 51.7 Å². The number of hydrogen-bond donors (Lipinski definition) is 1. The molecular weight excluding hydrogens is 206 g/mol. The first-order valence-corrected chi connectivity index (χ1v) is 5.93. The molecule has 0 aromatic heterocycles. The molecule has 0 aromatic rings. The zero-order valence-electron chi connectivity index (χ0n) is 11.3. The average molecular weight is 233 g/mol. The first-order valence-electron chi connectivity index (χ1n) is 5.93. The fourth-order valence-electron chi connectivity index (χ4n) is 1.19. The predicted octanol–water partition coefficient (Wildman–Crippen LogP) is 1.44. The normalized spacial score (nSPS) is 14.1. The number of nitrogens with one attached hydrogen (secondary N) is 1. The molecule has 0 aliphatic heterocycles. The van der Waals surface area contributed by atoms with Gasteiger partial charge in [-0.15, -0.1) is 0 Å². The van der Waals surface area contributed by atoms with Gasteiger partial charge in [-0.3, -0.25) is 0 Å². The molecule has 0 rings (SSSR count). The largest absolute Gasteiger partial charge is 0.382 e. The van der Waals surface area contributed by atoms with E-state index in [0.29, 0.717) is 19.8 Å². The molecule has 4 heteroatoms. The molecular formula is C12H27NO3. The molecule has 0 amide bonds. The lowest BCUT2D eigenvalue weighted by Crippen LogP contribution is -2.43. The van der Waals surface area contributed by atoms with E-state index in [0.717, 1.165) is 13.2 Å². The Morgan fingerprint density at radius 2 is 1.88 bits per heavy atom. The number of methoxy groups -OCH3 is 1. The summed E-state index contributed by atoms with van der Waals surface area (Å²) in [5.74, 6) is 0. The summed E-state index contributed by atoms with van der Waals surface area (Å²) in [5.41, 5.74) is 0.106. The minimum Gasteiger partial charge on any atom is -0.382 e. The molecule has 0 saturated carbocycles. The Hall–Kier alpha value is -0.160. The Labute approximate surface area is 99.6 Å². The molecule has 16 heavy (non-hydrogen) atoms. The summed E-state index contributed by atoms with van der Waals surface area (Å²) in [6, 6.07) is 0. The van der Waals surface area contributed by atoms with Crippen molar-refractivity contribution in [3.63, 3.8) is 0 Å². The maximum Gasteiger partial charge on any atom is 0.0933 e. The predicted molar refractivity (Wildman–Crippen MR) is 65.9 cm³/mol. The zero-order valence-corrected chi connectivity index (χ0v) is 11.3. The van der Waals surface area contributed by atoms with Gasteiger partial charge in [0.05, 0.1) is 25.9 Å². The van der Waals surface area contributed by atoms with E-state index in [1.807, 2.05) is 6.92 Å². The van der Waals surface area contributed by atoms with E-state index < -0.39 is 0 Å². The lowest BCUT2D eigenvalue weighted by Gasteiger charge is -2.25. The molecule has 0 fully saturated rings. The molecule has 0 aromatic carbocycles. The average Bonchev–Trinajstić information content (AvgIpc) is 2.19. The van der Waals surface area contributed by atoms with E-state index >= 15 is 0 Å². The maximum absolute atomic E-state index is 5.67. The van der Waals surface area contributed by atoms with Crippen LogP contribution in [0.5, 0.6) is 0 Å². The van der Waals surface area contributed by atoms with Crippen molar-refractivity contribution in [3.8, 4) is 0 Å². The van der Waals surface area contributed by atoms with Crippen LogP contribution in [0.2, 0.25) is 0 Å². The van der Waals surface area contributed by atoms with Gasteiger partial charge in [0.25, 0.3) is 0 Å². The Kier molecular flexibility index (Phi) is 8.84.